The molecule has 0 aromatic carbocycles. The van der Waals surface area contributed by atoms with Crippen molar-refractivity contribution in [3.63, 3.8) is 0 Å². The Morgan fingerprint density at radius 1 is 0.722 bits per heavy atom. The lowest BCUT2D eigenvalue weighted by Crippen LogP contribution is -2.09. The first-order valence-electron chi connectivity index (χ1n) is 5.89. The highest BCUT2D eigenvalue weighted by atomic mass is 16.5. The Labute approximate surface area is 107 Å². The third kappa shape index (κ3) is 9.62. The van der Waals surface area contributed by atoms with Crippen molar-refractivity contribution in [3.8, 4) is 0 Å². The molecule has 0 spiro atoms. The highest BCUT2D eigenvalue weighted by molar-refractivity contribution is 5.77. The van der Waals surface area contributed by atoms with Gasteiger partial charge in [0.2, 0.25) is 0 Å². The first-order chi connectivity index (χ1) is 8.60. The molecule has 0 atom stereocenters. The highest BCUT2D eigenvalue weighted by Gasteiger charge is 2.07. The summed E-state index contributed by atoms with van der Waals surface area (Å²) in [5.74, 6) is -1.07. The third-order valence-corrected chi connectivity index (χ3v) is 2.28. The molecule has 6 nitrogen and oxygen atoms in total. The molecule has 0 saturated carbocycles. The summed E-state index contributed by atoms with van der Waals surface area (Å²) < 4.78 is 13.8. The van der Waals surface area contributed by atoms with Crippen LogP contribution < -0.4 is 0 Å². The average Bonchev–Trinajstić information content (AvgIpc) is 2.39. The van der Waals surface area contributed by atoms with Crippen LogP contribution in [-0.2, 0) is 28.6 Å². The SMILES string of the molecule is COC(=O)CCCCCOC(=O)CCC(=O)OC. The van der Waals surface area contributed by atoms with Crippen LogP contribution in [0.4, 0.5) is 0 Å². The predicted octanol–water partition coefficient (Wildman–Crippen LogP) is 1.22. The molecule has 0 amide bonds. The Balaban J connectivity index is 3.35. The van der Waals surface area contributed by atoms with Gasteiger partial charge in [0.1, 0.15) is 0 Å². The maximum Gasteiger partial charge on any atom is 0.306 e. The van der Waals surface area contributed by atoms with Crippen molar-refractivity contribution < 1.29 is 28.6 Å². The number of carbonyl (C=O) groups is 3. The Kier molecular flexibility index (Phi) is 9.62. The average molecular weight is 260 g/mol. The van der Waals surface area contributed by atoms with E-state index in [1.807, 2.05) is 0 Å². The third-order valence-electron chi connectivity index (χ3n) is 2.28. The van der Waals surface area contributed by atoms with Gasteiger partial charge < -0.3 is 14.2 Å². The number of carbonyl (C=O) groups excluding carboxylic acids is 3. The minimum atomic E-state index is -0.426. The topological polar surface area (TPSA) is 78.9 Å². The zero-order valence-corrected chi connectivity index (χ0v) is 10.9. The summed E-state index contributed by atoms with van der Waals surface area (Å²) in [5, 5.41) is 0. The maximum absolute atomic E-state index is 11.1. The summed E-state index contributed by atoms with van der Waals surface area (Å²) in [6, 6.07) is 0. The van der Waals surface area contributed by atoms with Gasteiger partial charge in [-0.1, -0.05) is 0 Å². The van der Waals surface area contributed by atoms with Crippen molar-refractivity contribution in [2.45, 2.75) is 38.5 Å². The van der Waals surface area contributed by atoms with Crippen LogP contribution in [0.5, 0.6) is 0 Å². The van der Waals surface area contributed by atoms with Gasteiger partial charge in [-0.2, -0.15) is 0 Å². The minimum Gasteiger partial charge on any atom is -0.469 e. The molecule has 0 unspecified atom stereocenters. The van der Waals surface area contributed by atoms with E-state index in [1.165, 1.54) is 14.2 Å². The molecule has 104 valence electrons. The molecule has 0 fully saturated rings. The molecule has 0 saturated heterocycles. The Morgan fingerprint density at radius 3 is 1.89 bits per heavy atom. The minimum absolute atomic E-state index is 0.0365. The van der Waals surface area contributed by atoms with Gasteiger partial charge in [-0.3, -0.25) is 14.4 Å². The molecular formula is C12H20O6. The van der Waals surface area contributed by atoms with Crippen molar-refractivity contribution in [1.29, 1.82) is 0 Å². The Hall–Kier alpha value is -1.59. The van der Waals surface area contributed by atoms with E-state index in [4.69, 9.17) is 4.74 Å². The fourth-order valence-electron chi connectivity index (χ4n) is 1.21. The van der Waals surface area contributed by atoms with E-state index in [0.717, 1.165) is 6.42 Å². The van der Waals surface area contributed by atoms with Crippen molar-refractivity contribution in [2.24, 2.45) is 0 Å². The smallest absolute Gasteiger partial charge is 0.306 e. The van der Waals surface area contributed by atoms with Gasteiger partial charge in [0.25, 0.3) is 0 Å². The summed E-state index contributed by atoms with van der Waals surface area (Å²) in [6.07, 6.45) is 2.66. The fraction of sp³-hybridized carbons (Fsp3) is 0.750. The number of ether oxygens (including phenoxy) is 3. The standard InChI is InChI=1S/C12H20O6/c1-16-10(13)6-4-3-5-9-18-12(15)8-7-11(14)17-2/h3-9H2,1-2H3. The lowest BCUT2D eigenvalue weighted by molar-refractivity contribution is -0.149. The molecule has 0 radical (unpaired) electrons. The second-order valence-corrected chi connectivity index (χ2v) is 3.68. The molecule has 0 bridgehead atoms. The van der Waals surface area contributed by atoms with E-state index in [-0.39, 0.29) is 18.8 Å². The molecule has 0 aromatic heterocycles. The highest BCUT2D eigenvalue weighted by Crippen LogP contribution is 2.02. The fourth-order valence-corrected chi connectivity index (χ4v) is 1.21. The van der Waals surface area contributed by atoms with Crippen LogP contribution in [0.1, 0.15) is 38.5 Å². The number of hydrogen-bond donors (Lipinski definition) is 0. The zero-order valence-electron chi connectivity index (χ0n) is 10.9. The van der Waals surface area contributed by atoms with Gasteiger partial charge in [0, 0.05) is 6.42 Å². The molecule has 0 N–H and O–H groups in total. The second kappa shape index (κ2) is 10.6. The number of methoxy groups -OCH3 is 2. The largest absolute Gasteiger partial charge is 0.469 e. The molecule has 6 heteroatoms. The summed E-state index contributed by atoms with van der Waals surface area (Å²) in [4.78, 5) is 32.7. The molecule has 0 aromatic rings. The quantitative estimate of drug-likeness (QED) is 0.352. The van der Waals surface area contributed by atoms with Gasteiger partial charge in [0.05, 0.1) is 33.7 Å². The van der Waals surface area contributed by atoms with Gasteiger partial charge in [-0.25, -0.2) is 0 Å². The van der Waals surface area contributed by atoms with E-state index >= 15 is 0 Å². The summed E-state index contributed by atoms with van der Waals surface area (Å²) in [7, 11) is 2.63. The molecule has 0 heterocycles. The number of hydrogen-bond acceptors (Lipinski definition) is 6. The normalized spacial score (nSPS) is 9.67. The van der Waals surface area contributed by atoms with E-state index in [9.17, 15) is 14.4 Å². The first-order valence-corrected chi connectivity index (χ1v) is 5.89. The number of esters is 3. The van der Waals surface area contributed by atoms with Gasteiger partial charge in [-0.05, 0) is 19.3 Å². The van der Waals surface area contributed by atoms with Crippen LogP contribution in [-0.4, -0.2) is 38.7 Å². The van der Waals surface area contributed by atoms with Crippen molar-refractivity contribution in [2.75, 3.05) is 20.8 Å². The maximum atomic E-state index is 11.1. The first kappa shape index (κ1) is 16.4. The molecule has 0 aliphatic carbocycles. The van der Waals surface area contributed by atoms with Crippen LogP contribution in [0.25, 0.3) is 0 Å². The van der Waals surface area contributed by atoms with E-state index < -0.39 is 11.9 Å². The van der Waals surface area contributed by atoms with Crippen LogP contribution in [0.15, 0.2) is 0 Å². The van der Waals surface area contributed by atoms with Crippen LogP contribution in [0.3, 0.4) is 0 Å². The molecule has 18 heavy (non-hydrogen) atoms. The van der Waals surface area contributed by atoms with Gasteiger partial charge in [-0.15, -0.1) is 0 Å². The van der Waals surface area contributed by atoms with Crippen molar-refractivity contribution >= 4 is 17.9 Å². The summed E-state index contributed by atoms with van der Waals surface area (Å²) in [5.41, 5.74) is 0. The van der Waals surface area contributed by atoms with E-state index in [1.54, 1.807) is 0 Å². The Bertz CT molecular complexity index is 274. The van der Waals surface area contributed by atoms with Crippen molar-refractivity contribution in [1.82, 2.24) is 0 Å². The molecule has 0 rings (SSSR count). The van der Waals surface area contributed by atoms with Gasteiger partial charge >= 0.3 is 17.9 Å². The molecule has 0 aliphatic heterocycles. The predicted molar refractivity (Wildman–Crippen MR) is 62.7 cm³/mol. The lowest BCUT2D eigenvalue weighted by Gasteiger charge is -2.04. The van der Waals surface area contributed by atoms with Crippen LogP contribution >= 0.6 is 0 Å². The summed E-state index contributed by atoms with van der Waals surface area (Å²) in [6.45, 7) is 0.307. The van der Waals surface area contributed by atoms with Gasteiger partial charge in [0.15, 0.2) is 0 Å². The Morgan fingerprint density at radius 2 is 1.28 bits per heavy atom. The van der Waals surface area contributed by atoms with E-state index in [0.29, 0.717) is 25.9 Å². The second-order valence-electron chi connectivity index (χ2n) is 3.68. The zero-order chi connectivity index (χ0) is 13.8. The van der Waals surface area contributed by atoms with Crippen LogP contribution in [0, 0.1) is 0 Å². The van der Waals surface area contributed by atoms with Crippen LogP contribution in [0.2, 0.25) is 0 Å². The monoisotopic (exact) mass is 260 g/mol. The number of rotatable bonds is 9. The lowest BCUT2D eigenvalue weighted by atomic mass is 10.2. The van der Waals surface area contributed by atoms with Crippen molar-refractivity contribution in [3.05, 3.63) is 0 Å². The van der Waals surface area contributed by atoms with E-state index in [2.05, 4.69) is 9.47 Å². The number of unbranched alkanes of at least 4 members (excludes halogenated alkanes) is 2. The molecular weight excluding hydrogens is 240 g/mol. The molecule has 0 aliphatic rings. The summed E-state index contributed by atoms with van der Waals surface area (Å²) >= 11 is 0.